The summed E-state index contributed by atoms with van der Waals surface area (Å²) in [5, 5.41) is 5.07. The molecule has 1 unspecified atom stereocenters. The molecule has 148 valence electrons. The standard InChI is InChI=1S/C22H27N3O2S/c1-15-3-5-17(6-4-15)19-9-14-28-20(19)22(27)25-12-10-24(11-13-25)16(2)21(26)23-18-7-8-18/h3-6,9,14,16,18H,7-8,10-13H2,1-2H3,(H,23,26). The molecule has 1 aliphatic carbocycles. The van der Waals surface area contributed by atoms with Gasteiger partial charge in [0.2, 0.25) is 5.91 Å². The van der Waals surface area contributed by atoms with E-state index in [1.165, 1.54) is 16.9 Å². The van der Waals surface area contributed by atoms with Crippen molar-refractivity contribution >= 4 is 23.2 Å². The summed E-state index contributed by atoms with van der Waals surface area (Å²) in [5.74, 6) is 0.211. The number of piperazine rings is 1. The summed E-state index contributed by atoms with van der Waals surface area (Å²) in [7, 11) is 0. The fourth-order valence-electron chi connectivity index (χ4n) is 3.61. The lowest BCUT2D eigenvalue weighted by Crippen LogP contribution is -2.55. The third kappa shape index (κ3) is 4.13. The first-order chi connectivity index (χ1) is 13.5. The maximum atomic E-state index is 13.1. The van der Waals surface area contributed by atoms with Crippen LogP contribution in [0, 0.1) is 6.92 Å². The van der Waals surface area contributed by atoms with Crippen molar-refractivity contribution < 1.29 is 9.59 Å². The smallest absolute Gasteiger partial charge is 0.264 e. The summed E-state index contributed by atoms with van der Waals surface area (Å²) in [5.41, 5.74) is 3.30. The fourth-order valence-corrected chi connectivity index (χ4v) is 4.49. The van der Waals surface area contributed by atoms with E-state index in [0.717, 1.165) is 41.9 Å². The third-order valence-corrected chi connectivity index (χ3v) is 6.58. The van der Waals surface area contributed by atoms with Crippen molar-refractivity contribution in [3.05, 3.63) is 46.2 Å². The number of nitrogens with one attached hydrogen (secondary N) is 1. The molecule has 28 heavy (non-hydrogen) atoms. The molecule has 1 saturated heterocycles. The Balaban J connectivity index is 1.39. The van der Waals surface area contributed by atoms with Gasteiger partial charge in [-0.15, -0.1) is 11.3 Å². The van der Waals surface area contributed by atoms with E-state index in [0.29, 0.717) is 19.1 Å². The molecule has 2 aliphatic rings. The Morgan fingerprint density at radius 2 is 1.75 bits per heavy atom. The Kier molecular flexibility index (Phi) is 5.51. The number of aryl methyl sites for hydroxylation is 1. The van der Waals surface area contributed by atoms with Gasteiger partial charge in [-0.25, -0.2) is 0 Å². The van der Waals surface area contributed by atoms with Crippen LogP contribution in [0.15, 0.2) is 35.7 Å². The SMILES string of the molecule is Cc1ccc(-c2ccsc2C(=O)N2CCN(C(C)C(=O)NC3CC3)CC2)cc1. The van der Waals surface area contributed by atoms with Crippen LogP contribution in [0.3, 0.4) is 0 Å². The van der Waals surface area contributed by atoms with Gasteiger partial charge in [-0.2, -0.15) is 0 Å². The number of carbonyl (C=O) groups excluding carboxylic acids is 2. The molecule has 1 N–H and O–H groups in total. The van der Waals surface area contributed by atoms with Crippen molar-refractivity contribution in [3.63, 3.8) is 0 Å². The summed E-state index contributed by atoms with van der Waals surface area (Å²) in [4.78, 5) is 30.3. The molecule has 1 aromatic heterocycles. The monoisotopic (exact) mass is 397 g/mol. The molecule has 1 aromatic carbocycles. The normalized spacial score (nSPS) is 18.7. The van der Waals surface area contributed by atoms with Crippen LogP contribution >= 0.6 is 11.3 Å². The fraction of sp³-hybridized carbons (Fsp3) is 0.455. The van der Waals surface area contributed by atoms with Gasteiger partial charge in [0.15, 0.2) is 0 Å². The van der Waals surface area contributed by atoms with Crippen molar-refractivity contribution in [1.82, 2.24) is 15.1 Å². The maximum absolute atomic E-state index is 13.1. The molecule has 5 nitrogen and oxygen atoms in total. The van der Waals surface area contributed by atoms with Crippen LogP contribution < -0.4 is 5.32 Å². The Morgan fingerprint density at radius 3 is 2.39 bits per heavy atom. The topological polar surface area (TPSA) is 52.7 Å². The highest BCUT2D eigenvalue weighted by molar-refractivity contribution is 7.12. The number of amides is 2. The molecule has 1 atom stereocenters. The van der Waals surface area contributed by atoms with Crippen LogP contribution in [0.25, 0.3) is 11.1 Å². The van der Waals surface area contributed by atoms with Gasteiger partial charge in [-0.05, 0) is 43.7 Å². The van der Waals surface area contributed by atoms with Gasteiger partial charge < -0.3 is 10.2 Å². The molecule has 6 heteroatoms. The number of nitrogens with zero attached hydrogens (tertiary/aromatic N) is 2. The van der Waals surface area contributed by atoms with E-state index >= 15 is 0 Å². The van der Waals surface area contributed by atoms with Gasteiger partial charge >= 0.3 is 0 Å². The summed E-state index contributed by atoms with van der Waals surface area (Å²) < 4.78 is 0. The molecular weight excluding hydrogens is 370 g/mol. The third-order valence-electron chi connectivity index (χ3n) is 5.67. The van der Waals surface area contributed by atoms with E-state index in [-0.39, 0.29) is 17.9 Å². The zero-order valence-corrected chi connectivity index (χ0v) is 17.3. The number of benzene rings is 1. The summed E-state index contributed by atoms with van der Waals surface area (Å²) >= 11 is 1.51. The molecule has 0 spiro atoms. The van der Waals surface area contributed by atoms with Crippen LogP contribution in [0.5, 0.6) is 0 Å². The van der Waals surface area contributed by atoms with Gasteiger partial charge in [-0.3, -0.25) is 14.5 Å². The van der Waals surface area contributed by atoms with Crippen LogP contribution in [0.1, 0.15) is 35.0 Å². The Bertz CT molecular complexity index is 849. The predicted molar refractivity (Wildman–Crippen MR) is 113 cm³/mol. The van der Waals surface area contributed by atoms with Crippen molar-refractivity contribution in [3.8, 4) is 11.1 Å². The van der Waals surface area contributed by atoms with Crippen LogP contribution in [0.4, 0.5) is 0 Å². The molecule has 0 bridgehead atoms. The number of hydrogen-bond acceptors (Lipinski definition) is 4. The van der Waals surface area contributed by atoms with Crippen molar-refractivity contribution in [2.24, 2.45) is 0 Å². The molecule has 2 fully saturated rings. The van der Waals surface area contributed by atoms with Gasteiger partial charge in [0.25, 0.3) is 5.91 Å². The van der Waals surface area contributed by atoms with E-state index in [1.807, 2.05) is 23.3 Å². The lowest BCUT2D eigenvalue weighted by Gasteiger charge is -2.37. The second-order valence-corrected chi connectivity index (χ2v) is 8.73. The Morgan fingerprint density at radius 1 is 1.07 bits per heavy atom. The van der Waals surface area contributed by atoms with Gasteiger partial charge in [0.1, 0.15) is 0 Å². The van der Waals surface area contributed by atoms with Crippen LogP contribution in [-0.2, 0) is 4.79 Å². The number of hydrogen-bond donors (Lipinski definition) is 1. The molecule has 0 radical (unpaired) electrons. The van der Waals surface area contributed by atoms with E-state index in [1.54, 1.807) is 0 Å². The van der Waals surface area contributed by atoms with Crippen LogP contribution in [0.2, 0.25) is 0 Å². The number of rotatable bonds is 5. The first-order valence-corrected chi connectivity index (χ1v) is 10.9. The van der Waals surface area contributed by atoms with E-state index in [4.69, 9.17) is 0 Å². The number of thiophene rings is 1. The predicted octanol–water partition coefficient (Wildman–Crippen LogP) is 3.15. The van der Waals surface area contributed by atoms with Crippen LogP contribution in [-0.4, -0.2) is 59.9 Å². The first kappa shape index (κ1) is 19.2. The van der Waals surface area contributed by atoms with Crippen molar-refractivity contribution in [2.45, 2.75) is 38.8 Å². The van der Waals surface area contributed by atoms with E-state index in [2.05, 4.69) is 41.4 Å². The Hall–Kier alpha value is -2.18. The minimum absolute atomic E-state index is 0.0975. The average molecular weight is 398 g/mol. The highest BCUT2D eigenvalue weighted by Gasteiger charge is 2.31. The molecule has 1 saturated carbocycles. The van der Waals surface area contributed by atoms with Crippen molar-refractivity contribution in [2.75, 3.05) is 26.2 Å². The first-order valence-electron chi connectivity index (χ1n) is 10.0. The summed E-state index contributed by atoms with van der Waals surface area (Å²) in [6.07, 6.45) is 2.20. The van der Waals surface area contributed by atoms with Gasteiger partial charge in [-0.1, -0.05) is 29.8 Å². The molecule has 2 amide bonds. The summed E-state index contributed by atoms with van der Waals surface area (Å²) in [6.45, 7) is 6.81. The molecule has 1 aliphatic heterocycles. The zero-order valence-electron chi connectivity index (χ0n) is 16.5. The maximum Gasteiger partial charge on any atom is 0.264 e. The summed E-state index contributed by atoms with van der Waals surface area (Å²) in [6, 6.07) is 10.6. The highest BCUT2D eigenvalue weighted by Crippen LogP contribution is 2.30. The minimum atomic E-state index is -0.136. The number of carbonyl (C=O) groups is 2. The zero-order chi connectivity index (χ0) is 19.7. The van der Waals surface area contributed by atoms with Crippen molar-refractivity contribution in [1.29, 1.82) is 0 Å². The average Bonchev–Trinajstić information content (AvgIpc) is 3.39. The molecule has 4 rings (SSSR count). The second-order valence-electron chi connectivity index (χ2n) is 7.82. The lowest BCUT2D eigenvalue weighted by molar-refractivity contribution is -0.126. The van der Waals surface area contributed by atoms with E-state index < -0.39 is 0 Å². The van der Waals surface area contributed by atoms with Gasteiger partial charge in [0, 0.05) is 37.8 Å². The quantitative estimate of drug-likeness (QED) is 0.843. The van der Waals surface area contributed by atoms with E-state index in [9.17, 15) is 9.59 Å². The largest absolute Gasteiger partial charge is 0.352 e. The lowest BCUT2D eigenvalue weighted by atomic mass is 10.0. The molecule has 2 heterocycles. The minimum Gasteiger partial charge on any atom is -0.352 e. The molecule has 2 aromatic rings. The highest BCUT2D eigenvalue weighted by atomic mass is 32.1. The Labute approximate surface area is 170 Å². The van der Waals surface area contributed by atoms with Gasteiger partial charge in [0.05, 0.1) is 10.9 Å². The second kappa shape index (κ2) is 8.05. The molecular formula is C22H27N3O2S.